The van der Waals surface area contributed by atoms with Crippen molar-refractivity contribution in [2.45, 2.75) is 32.1 Å². The number of piperidine rings is 1. The van der Waals surface area contributed by atoms with Gasteiger partial charge in [-0.15, -0.1) is 11.3 Å². The molecule has 0 spiro atoms. The Kier molecular flexibility index (Phi) is 5.96. The molecule has 1 aromatic rings. The Morgan fingerprint density at radius 1 is 1.47 bits per heavy atom. The van der Waals surface area contributed by atoms with E-state index in [9.17, 15) is 0 Å². The zero-order chi connectivity index (χ0) is 11.8. The maximum absolute atomic E-state index is 4.28. The zero-order valence-electron chi connectivity index (χ0n) is 10.5. The molecule has 2 rings (SSSR count). The summed E-state index contributed by atoms with van der Waals surface area (Å²) in [5, 5.41) is 10.3. The lowest BCUT2D eigenvalue weighted by Crippen LogP contribution is -2.30. The molecule has 2 N–H and O–H groups in total. The standard InChI is InChI=1S/C13H23N3S/c1(3-12-4-2-7-15-11-12)6-14-8-5-13-16-9-10-17-13/h9-10,12,14-15H,1-8,11H2. The summed E-state index contributed by atoms with van der Waals surface area (Å²) < 4.78 is 0. The van der Waals surface area contributed by atoms with Gasteiger partial charge in [0.2, 0.25) is 0 Å². The van der Waals surface area contributed by atoms with Crippen LogP contribution in [0.25, 0.3) is 0 Å². The van der Waals surface area contributed by atoms with E-state index >= 15 is 0 Å². The van der Waals surface area contributed by atoms with E-state index in [0.717, 1.165) is 25.4 Å². The molecule has 1 fully saturated rings. The number of thiazole rings is 1. The second kappa shape index (κ2) is 7.80. The molecular weight excluding hydrogens is 230 g/mol. The summed E-state index contributed by atoms with van der Waals surface area (Å²) in [6, 6.07) is 0. The first-order valence-corrected chi connectivity index (χ1v) is 7.63. The summed E-state index contributed by atoms with van der Waals surface area (Å²) in [6.45, 7) is 4.68. The maximum Gasteiger partial charge on any atom is 0.0937 e. The Labute approximate surface area is 108 Å². The zero-order valence-corrected chi connectivity index (χ0v) is 11.3. The van der Waals surface area contributed by atoms with Gasteiger partial charge in [0, 0.05) is 24.5 Å². The molecule has 4 heteroatoms. The molecule has 17 heavy (non-hydrogen) atoms. The Bertz CT molecular complexity index is 281. The fourth-order valence-corrected chi connectivity index (χ4v) is 3.00. The predicted molar refractivity (Wildman–Crippen MR) is 73.5 cm³/mol. The molecular formula is C13H23N3S. The maximum atomic E-state index is 4.28. The highest BCUT2D eigenvalue weighted by molar-refractivity contribution is 7.09. The van der Waals surface area contributed by atoms with Crippen molar-refractivity contribution in [1.82, 2.24) is 15.6 Å². The molecule has 0 saturated carbocycles. The van der Waals surface area contributed by atoms with Crippen LogP contribution in [0.3, 0.4) is 0 Å². The van der Waals surface area contributed by atoms with E-state index in [2.05, 4.69) is 15.6 Å². The topological polar surface area (TPSA) is 37.0 Å². The van der Waals surface area contributed by atoms with Crippen LogP contribution in [-0.4, -0.2) is 31.2 Å². The van der Waals surface area contributed by atoms with E-state index < -0.39 is 0 Å². The van der Waals surface area contributed by atoms with Crippen LogP contribution in [0.1, 0.15) is 30.7 Å². The van der Waals surface area contributed by atoms with E-state index in [1.54, 1.807) is 11.3 Å². The predicted octanol–water partition coefficient (Wildman–Crippen LogP) is 2.05. The number of rotatable bonds is 7. The second-order valence-corrected chi connectivity index (χ2v) is 5.76. The van der Waals surface area contributed by atoms with Crippen LogP contribution < -0.4 is 10.6 Å². The van der Waals surface area contributed by atoms with Gasteiger partial charge in [0.05, 0.1) is 5.01 Å². The Balaban J connectivity index is 1.43. The summed E-state index contributed by atoms with van der Waals surface area (Å²) in [5.41, 5.74) is 0. The Morgan fingerprint density at radius 3 is 3.24 bits per heavy atom. The minimum absolute atomic E-state index is 0.921. The average Bonchev–Trinajstić information content (AvgIpc) is 2.88. The quantitative estimate of drug-likeness (QED) is 0.730. The van der Waals surface area contributed by atoms with Gasteiger partial charge in [-0.05, 0) is 51.2 Å². The van der Waals surface area contributed by atoms with Gasteiger partial charge >= 0.3 is 0 Å². The van der Waals surface area contributed by atoms with Crippen LogP contribution in [0, 0.1) is 5.92 Å². The number of hydrogen-bond acceptors (Lipinski definition) is 4. The Hall–Kier alpha value is -0.450. The van der Waals surface area contributed by atoms with Crippen molar-refractivity contribution >= 4 is 11.3 Å². The van der Waals surface area contributed by atoms with Gasteiger partial charge in [-0.3, -0.25) is 0 Å². The third-order valence-corrected chi connectivity index (χ3v) is 4.20. The monoisotopic (exact) mass is 253 g/mol. The minimum atomic E-state index is 0.921. The molecule has 0 aromatic carbocycles. The molecule has 0 bridgehead atoms. The van der Waals surface area contributed by atoms with Gasteiger partial charge in [0.15, 0.2) is 0 Å². The van der Waals surface area contributed by atoms with Gasteiger partial charge in [0.1, 0.15) is 0 Å². The van der Waals surface area contributed by atoms with Crippen molar-refractivity contribution in [3.63, 3.8) is 0 Å². The summed E-state index contributed by atoms with van der Waals surface area (Å²) in [7, 11) is 0. The molecule has 2 heterocycles. The summed E-state index contributed by atoms with van der Waals surface area (Å²) >= 11 is 1.75. The number of nitrogens with one attached hydrogen (secondary N) is 2. The molecule has 0 amide bonds. The molecule has 1 aliphatic heterocycles. The fourth-order valence-electron chi connectivity index (χ4n) is 2.38. The summed E-state index contributed by atoms with van der Waals surface area (Å²) in [4.78, 5) is 4.28. The third-order valence-electron chi connectivity index (χ3n) is 3.36. The van der Waals surface area contributed by atoms with E-state index in [0.29, 0.717) is 0 Å². The van der Waals surface area contributed by atoms with Crippen molar-refractivity contribution in [2.24, 2.45) is 5.92 Å². The van der Waals surface area contributed by atoms with E-state index in [4.69, 9.17) is 0 Å². The van der Waals surface area contributed by atoms with Crippen molar-refractivity contribution in [3.05, 3.63) is 16.6 Å². The van der Waals surface area contributed by atoms with Crippen LogP contribution in [0.2, 0.25) is 0 Å². The largest absolute Gasteiger partial charge is 0.316 e. The summed E-state index contributed by atoms with van der Waals surface area (Å²) in [6.07, 6.45) is 8.43. The minimum Gasteiger partial charge on any atom is -0.316 e. The smallest absolute Gasteiger partial charge is 0.0937 e. The second-order valence-electron chi connectivity index (χ2n) is 4.78. The fraction of sp³-hybridized carbons (Fsp3) is 0.769. The van der Waals surface area contributed by atoms with E-state index in [1.807, 2.05) is 11.6 Å². The van der Waals surface area contributed by atoms with Crippen LogP contribution in [0.4, 0.5) is 0 Å². The van der Waals surface area contributed by atoms with Crippen molar-refractivity contribution in [2.75, 3.05) is 26.2 Å². The molecule has 96 valence electrons. The molecule has 1 saturated heterocycles. The lowest BCUT2D eigenvalue weighted by Gasteiger charge is -2.22. The number of hydrogen-bond donors (Lipinski definition) is 2. The van der Waals surface area contributed by atoms with Gasteiger partial charge < -0.3 is 10.6 Å². The summed E-state index contributed by atoms with van der Waals surface area (Å²) in [5.74, 6) is 0.921. The molecule has 0 aliphatic carbocycles. The SMILES string of the molecule is c1csc(CCNCCCC2CCCNC2)n1. The van der Waals surface area contributed by atoms with Gasteiger partial charge in [-0.25, -0.2) is 4.98 Å². The van der Waals surface area contributed by atoms with Crippen molar-refractivity contribution in [1.29, 1.82) is 0 Å². The highest BCUT2D eigenvalue weighted by atomic mass is 32.1. The molecule has 1 aromatic heterocycles. The Morgan fingerprint density at radius 2 is 2.47 bits per heavy atom. The molecule has 0 radical (unpaired) electrons. The lowest BCUT2D eigenvalue weighted by atomic mass is 9.95. The van der Waals surface area contributed by atoms with Gasteiger partial charge in [0.25, 0.3) is 0 Å². The first-order chi connectivity index (χ1) is 8.45. The van der Waals surface area contributed by atoms with E-state index in [1.165, 1.54) is 43.8 Å². The first-order valence-electron chi connectivity index (χ1n) is 6.75. The number of nitrogens with zero attached hydrogens (tertiary/aromatic N) is 1. The van der Waals surface area contributed by atoms with E-state index in [-0.39, 0.29) is 0 Å². The van der Waals surface area contributed by atoms with Crippen molar-refractivity contribution < 1.29 is 0 Å². The van der Waals surface area contributed by atoms with Gasteiger partial charge in [-0.1, -0.05) is 0 Å². The van der Waals surface area contributed by atoms with Crippen LogP contribution in [0.15, 0.2) is 11.6 Å². The van der Waals surface area contributed by atoms with Gasteiger partial charge in [-0.2, -0.15) is 0 Å². The highest BCUT2D eigenvalue weighted by Gasteiger charge is 2.11. The normalized spacial score (nSPS) is 20.6. The first kappa shape index (κ1) is 13.0. The molecule has 1 unspecified atom stereocenters. The van der Waals surface area contributed by atoms with Crippen LogP contribution >= 0.6 is 11.3 Å². The highest BCUT2D eigenvalue weighted by Crippen LogP contribution is 2.15. The lowest BCUT2D eigenvalue weighted by molar-refractivity contribution is 0.348. The molecule has 1 atom stereocenters. The van der Waals surface area contributed by atoms with Crippen LogP contribution in [-0.2, 0) is 6.42 Å². The van der Waals surface area contributed by atoms with Crippen molar-refractivity contribution in [3.8, 4) is 0 Å². The molecule has 3 nitrogen and oxygen atoms in total. The molecule has 1 aliphatic rings. The van der Waals surface area contributed by atoms with Crippen LogP contribution in [0.5, 0.6) is 0 Å². The average molecular weight is 253 g/mol. The third kappa shape index (κ3) is 5.15. The number of aromatic nitrogens is 1.